The number of rotatable bonds is 4. The van der Waals surface area contributed by atoms with E-state index in [1.165, 1.54) is 0 Å². The lowest BCUT2D eigenvalue weighted by molar-refractivity contribution is -0.0248. The molecule has 0 aliphatic carbocycles. The largest absolute Gasteiger partial charge is 0.368 e. The zero-order valence-electron chi connectivity index (χ0n) is 17.4. The van der Waals surface area contributed by atoms with Gasteiger partial charge in [-0.1, -0.05) is 29.8 Å². The number of amides is 1. The van der Waals surface area contributed by atoms with E-state index in [1.54, 1.807) is 10.9 Å². The molecule has 6 nitrogen and oxygen atoms in total. The molecule has 1 amide bonds. The maximum absolute atomic E-state index is 13.0. The molecule has 2 aromatic heterocycles. The lowest BCUT2D eigenvalue weighted by Crippen LogP contribution is -2.42. The zero-order chi connectivity index (χ0) is 21.3. The smallest absolute Gasteiger partial charge is 0.257 e. The van der Waals surface area contributed by atoms with Crippen LogP contribution in [0, 0.1) is 13.8 Å². The Morgan fingerprint density at radius 2 is 2.07 bits per heavy atom. The Balaban J connectivity index is 1.55. The Bertz CT molecular complexity index is 1080. The standard InChI is InChI=1S/C23H25ClN4O2/c1-15-10-17(11-18-6-4-5-7-20(18)24)12-21(25-15)22-14-28(8-9-30-22)23(29)19-13-27(3)26-16(19)2/h4-7,10,12-13,22H,8-9,11,14H2,1-3H3/t22-/m0/s1. The number of ether oxygens (including phenoxy) is 1. The van der Waals surface area contributed by atoms with E-state index in [0.717, 1.165) is 39.7 Å². The van der Waals surface area contributed by atoms with Crippen LogP contribution in [0.2, 0.25) is 5.02 Å². The summed E-state index contributed by atoms with van der Waals surface area (Å²) in [4.78, 5) is 19.5. The highest BCUT2D eigenvalue weighted by Crippen LogP contribution is 2.26. The average Bonchev–Trinajstić information content (AvgIpc) is 3.07. The Hall–Kier alpha value is -2.70. The second kappa shape index (κ2) is 8.58. The van der Waals surface area contributed by atoms with Crippen LogP contribution in [0.4, 0.5) is 0 Å². The van der Waals surface area contributed by atoms with Crippen molar-refractivity contribution < 1.29 is 9.53 Å². The first-order chi connectivity index (χ1) is 14.4. The fourth-order valence-electron chi connectivity index (χ4n) is 3.89. The van der Waals surface area contributed by atoms with Gasteiger partial charge in [-0.15, -0.1) is 0 Å². The highest BCUT2D eigenvalue weighted by Gasteiger charge is 2.29. The minimum Gasteiger partial charge on any atom is -0.368 e. The Labute approximate surface area is 181 Å². The van der Waals surface area contributed by atoms with Crippen molar-refractivity contribution in [2.45, 2.75) is 26.4 Å². The van der Waals surface area contributed by atoms with E-state index >= 15 is 0 Å². The number of pyridine rings is 1. The van der Waals surface area contributed by atoms with Crippen molar-refractivity contribution in [3.63, 3.8) is 0 Å². The van der Waals surface area contributed by atoms with Gasteiger partial charge >= 0.3 is 0 Å². The first-order valence-electron chi connectivity index (χ1n) is 10.0. The SMILES string of the molecule is Cc1cc(Cc2ccccc2Cl)cc([C@@H]2CN(C(=O)c3cn(C)nc3C)CCO2)n1. The minimum atomic E-state index is -0.260. The molecule has 3 aromatic rings. The number of hydrogen-bond acceptors (Lipinski definition) is 4. The molecular formula is C23H25ClN4O2. The van der Waals surface area contributed by atoms with Crippen molar-refractivity contribution in [3.05, 3.63) is 81.4 Å². The molecule has 1 aromatic carbocycles. The molecule has 3 heterocycles. The van der Waals surface area contributed by atoms with Crippen LogP contribution in [-0.4, -0.2) is 45.3 Å². The quantitative estimate of drug-likeness (QED) is 0.637. The van der Waals surface area contributed by atoms with E-state index in [2.05, 4.69) is 17.2 Å². The van der Waals surface area contributed by atoms with Gasteiger partial charge in [0.25, 0.3) is 5.91 Å². The Morgan fingerprint density at radius 3 is 2.80 bits per heavy atom. The van der Waals surface area contributed by atoms with Gasteiger partial charge in [-0.3, -0.25) is 14.5 Å². The molecule has 0 saturated carbocycles. The van der Waals surface area contributed by atoms with E-state index in [0.29, 0.717) is 25.3 Å². The molecule has 156 valence electrons. The Kier molecular flexibility index (Phi) is 5.88. The van der Waals surface area contributed by atoms with Gasteiger partial charge in [0.15, 0.2) is 0 Å². The highest BCUT2D eigenvalue weighted by molar-refractivity contribution is 6.31. The highest BCUT2D eigenvalue weighted by atomic mass is 35.5. The van der Waals surface area contributed by atoms with Crippen LogP contribution in [0.15, 0.2) is 42.6 Å². The van der Waals surface area contributed by atoms with Gasteiger partial charge in [0, 0.05) is 30.5 Å². The van der Waals surface area contributed by atoms with Crippen molar-refractivity contribution in [1.82, 2.24) is 19.7 Å². The molecule has 1 fully saturated rings. The maximum atomic E-state index is 13.0. The van der Waals surface area contributed by atoms with Crippen LogP contribution in [0.5, 0.6) is 0 Å². The summed E-state index contributed by atoms with van der Waals surface area (Å²) >= 11 is 6.34. The molecule has 1 aliphatic heterocycles. The number of nitrogens with zero attached hydrogens (tertiary/aromatic N) is 4. The summed E-state index contributed by atoms with van der Waals surface area (Å²) in [5.74, 6) is -0.0159. The fourth-order valence-corrected chi connectivity index (χ4v) is 4.09. The van der Waals surface area contributed by atoms with Crippen LogP contribution in [0.25, 0.3) is 0 Å². The van der Waals surface area contributed by atoms with Crippen LogP contribution in [0.1, 0.15) is 44.7 Å². The number of aromatic nitrogens is 3. The number of benzene rings is 1. The topological polar surface area (TPSA) is 60.2 Å². The van der Waals surface area contributed by atoms with E-state index in [4.69, 9.17) is 21.3 Å². The minimum absolute atomic E-state index is 0.0159. The molecule has 4 rings (SSSR count). The molecule has 0 N–H and O–H groups in total. The molecule has 1 saturated heterocycles. The van der Waals surface area contributed by atoms with Gasteiger partial charge in [0.2, 0.25) is 0 Å². The Morgan fingerprint density at radius 1 is 1.27 bits per heavy atom. The lowest BCUT2D eigenvalue weighted by atomic mass is 10.0. The van der Waals surface area contributed by atoms with Crippen molar-refractivity contribution in [3.8, 4) is 0 Å². The summed E-state index contributed by atoms with van der Waals surface area (Å²) in [5.41, 5.74) is 5.34. The molecule has 0 bridgehead atoms. The van der Waals surface area contributed by atoms with Crippen LogP contribution < -0.4 is 0 Å². The molecule has 1 aliphatic rings. The molecule has 30 heavy (non-hydrogen) atoms. The first kappa shape index (κ1) is 20.6. The van der Waals surface area contributed by atoms with Crippen molar-refractivity contribution in [2.75, 3.05) is 19.7 Å². The second-order valence-electron chi connectivity index (χ2n) is 7.72. The van der Waals surface area contributed by atoms with Crippen molar-refractivity contribution in [2.24, 2.45) is 7.05 Å². The average molecular weight is 425 g/mol. The third-order valence-corrected chi connectivity index (χ3v) is 5.68. The summed E-state index contributed by atoms with van der Waals surface area (Å²) in [6.07, 6.45) is 2.24. The number of carbonyl (C=O) groups excluding carboxylic acids is 1. The predicted octanol–water partition coefficient (Wildman–Crippen LogP) is 3.89. The predicted molar refractivity (Wildman–Crippen MR) is 116 cm³/mol. The summed E-state index contributed by atoms with van der Waals surface area (Å²) in [6.45, 7) is 5.33. The number of morpholine rings is 1. The molecule has 1 atom stereocenters. The third kappa shape index (κ3) is 4.40. The van der Waals surface area contributed by atoms with Crippen LogP contribution in [-0.2, 0) is 18.2 Å². The van der Waals surface area contributed by atoms with E-state index < -0.39 is 0 Å². The van der Waals surface area contributed by atoms with E-state index in [1.807, 2.05) is 50.1 Å². The fraction of sp³-hybridized carbons (Fsp3) is 0.348. The summed E-state index contributed by atoms with van der Waals surface area (Å²) in [7, 11) is 1.82. The second-order valence-corrected chi connectivity index (χ2v) is 8.13. The van der Waals surface area contributed by atoms with Gasteiger partial charge < -0.3 is 9.64 Å². The van der Waals surface area contributed by atoms with Crippen LogP contribution >= 0.6 is 11.6 Å². The van der Waals surface area contributed by atoms with Gasteiger partial charge in [-0.2, -0.15) is 5.10 Å². The van der Waals surface area contributed by atoms with Gasteiger partial charge in [-0.25, -0.2) is 0 Å². The van der Waals surface area contributed by atoms with Crippen LogP contribution in [0.3, 0.4) is 0 Å². The number of halogens is 1. The number of carbonyl (C=O) groups is 1. The lowest BCUT2D eigenvalue weighted by Gasteiger charge is -2.33. The molecular weight excluding hydrogens is 400 g/mol. The molecule has 0 unspecified atom stereocenters. The number of aryl methyl sites for hydroxylation is 3. The maximum Gasteiger partial charge on any atom is 0.257 e. The summed E-state index contributed by atoms with van der Waals surface area (Å²) in [5, 5.41) is 5.04. The normalized spacial score (nSPS) is 16.7. The summed E-state index contributed by atoms with van der Waals surface area (Å²) in [6, 6.07) is 12.0. The van der Waals surface area contributed by atoms with Crippen molar-refractivity contribution in [1.29, 1.82) is 0 Å². The molecule has 0 radical (unpaired) electrons. The van der Waals surface area contributed by atoms with Gasteiger partial charge in [0.05, 0.1) is 30.1 Å². The monoisotopic (exact) mass is 424 g/mol. The first-order valence-corrected chi connectivity index (χ1v) is 10.4. The molecule has 0 spiro atoms. The van der Waals surface area contributed by atoms with E-state index in [-0.39, 0.29) is 12.0 Å². The van der Waals surface area contributed by atoms with Gasteiger partial charge in [0.1, 0.15) is 6.10 Å². The number of hydrogen-bond donors (Lipinski definition) is 0. The van der Waals surface area contributed by atoms with Gasteiger partial charge in [-0.05, 0) is 49.6 Å². The molecule has 7 heteroatoms. The van der Waals surface area contributed by atoms with Crippen molar-refractivity contribution >= 4 is 17.5 Å². The third-order valence-electron chi connectivity index (χ3n) is 5.31. The van der Waals surface area contributed by atoms with E-state index in [9.17, 15) is 4.79 Å². The zero-order valence-corrected chi connectivity index (χ0v) is 18.2. The summed E-state index contributed by atoms with van der Waals surface area (Å²) < 4.78 is 7.67.